The molecular formula is C25H22N2O4. The number of benzene rings is 3. The first-order valence-corrected chi connectivity index (χ1v) is 10.2. The first kappa shape index (κ1) is 19.4. The van der Waals surface area contributed by atoms with Crippen molar-refractivity contribution in [2.24, 2.45) is 0 Å². The number of nitrogens with zero attached hydrogens (tertiary/aromatic N) is 1. The second kappa shape index (κ2) is 8.63. The fourth-order valence-corrected chi connectivity index (χ4v) is 3.66. The second-order valence-electron chi connectivity index (χ2n) is 7.34. The second-order valence-corrected chi connectivity index (χ2v) is 7.34. The number of hydrogen-bond donors (Lipinski definition) is 1. The van der Waals surface area contributed by atoms with Crippen LogP contribution in [-0.2, 0) is 9.57 Å². The van der Waals surface area contributed by atoms with Gasteiger partial charge in [-0.2, -0.15) is 0 Å². The predicted octanol–water partition coefficient (Wildman–Crippen LogP) is 4.72. The lowest BCUT2D eigenvalue weighted by molar-refractivity contribution is -0.325. The number of aromatic amines is 1. The van der Waals surface area contributed by atoms with E-state index in [1.165, 1.54) is 5.06 Å². The zero-order valence-electron chi connectivity index (χ0n) is 16.8. The molecule has 4 aromatic rings. The highest BCUT2D eigenvalue weighted by Gasteiger charge is 2.35. The van der Waals surface area contributed by atoms with Gasteiger partial charge in [0.1, 0.15) is 18.5 Å². The third-order valence-electron chi connectivity index (χ3n) is 5.21. The van der Waals surface area contributed by atoms with Gasteiger partial charge < -0.3 is 14.5 Å². The maximum absolute atomic E-state index is 13.1. The van der Waals surface area contributed by atoms with Crippen LogP contribution in [-0.4, -0.2) is 35.2 Å². The zero-order chi connectivity index (χ0) is 21.0. The number of H-pyrrole nitrogens is 1. The number of aromatic nitrogens is 1. The van der Waals surface area contributed by atoms with Gasteiger partial charge in [0.2, 0.25) is 6.29 Å². The number of para-hydroxylation sites is 2. The molecule has 1 amide bonds. The molecule has 0 saturated carbocycles. The number of rotatable bonds is 5. The summed E-state index contributed by atoms with van der Waals surface area (Å²) >= 11 is 0. The minimum absolute atomic E-state index is 0.210. The number of hydroxylamine groups is 2. The molecule has 2 atom stereocenters. The molecule has 1 aliphatic heterocycles. The number of carbonyl (C=O) groups is 1. The van der Waals surface area contributed by atoms with Crippen LogP contribution in [0.3, 0.4) is 0 Å². The summed E-state index contributed by atoms with van der Waals surface area (Å²) in [6, 6.07) is 26.6. The molecule has 3 aromatic carbocycles. The van der Waals surface area contributed by atoms with Crippen molar-refractivity contribution in [3.63, 3.8) is 0 Å². The number of nitrogens with one attached hydrogen (secondary N) is 1. The molecule has 31 heavy (non-hydrogen) atoms. The van der Waals surface area contributed by atoms with Crippen LogP contribution in [0.25, 0.3) is 10.9 Å². The third-order valence-corrected chi connectivity index (χ3v) is 5.21. The van der Waals surface area contributed by atoms with Crippen molar-refractivity contribution in [3.05, 3.63) is 102 Å². The summed E-state index contributed by atoms with van der Waals surface area (Å²) in [5.74, 6) is 0.542. The van der Waals surface area contributed by atoms with Crippen molar-refractivity contribution in [3.8, 4) is 5.75 Å². The Bertz CT molecular complexity index is 1160. The van der Waals surface area contributed by atoms with E-state index in [0.29, 0.717) is 12.2 Å². The molecule has 0 aliphatic carbocycles. The van der Waals surface area contributed by atoms with Gasteiger partial charge in [-0.1, -0.05) is 54.6 Å². The van der Waals surface area contributed by atoms with E-state index in [2.05, 4.69) is 4.98 Å². The summed E-state index contributed by atoms with van der Waals surface area (Å²) < 4.78 is 12.1. The number of carbonyl (C=O) groups excluding carboxylic acids is 1. The highest BCUT2D eigenvalue weighted by Crippen LogP contribution is 2.32. The number of amides is 1. The summed E-state index contributed by atoms with van der Waals surface area (Å²) in [6.45, 7) is 0.560. The highest BCUT2D eigenvalue weighted by atomic mass is 16.8. The van der Waals surface area contributed by atoms with Crippen LogP contribution >= 0.6 is 0 Å². The quantitative estimate of drug-likeness (QED) is 0.513. The Hall–Kier alpha value is -3.61. The van der Waals surface area contributed by atoms with E-state index in [1.54, 1.807) is 12.1 Å². The zero-order valence-corrected chi connectivity index (χ0v) is 16.8. The van der Waals surface area contributed by atoms with Gasteiger partial charge in [-0.25, -0.2) is 9.90 Å². The fourth-order valence-electron chi connectivity index (χ4n) is 3.66. The van der Waals surface area contributed by atoms with Gasteiger partial charge in [0.15, 0.2) is 0 Å². The normalized spacial score (nSPS) is 18.8. The van der Waals surface area contributed by atoms with Crippen molar-refractivity contribution >= 4 is 16.8 Å². The van der Waals surface area contributed by atoms with Crippen LogP contribution in [0.4, 0.5) is 0 Å². The van der Waals surface area contributed by atoms with Crippen molar-refractivity contribution in [1.82, 2.24) is 10.0 Å². The SMILES string of the molecule is O=C(c1ccccc1)N1C[C@@H](COc2ccccc2)O[C@H](c2c[nH]c3ccccc23)O1. The van der Waals surface area contributed by atoms with E-state index in [9.17, 15) is 4.79 Å². The smallest absolute Gasteiger partial charge is 0.277 e. The van der Waals surface area contributed by atoms with Crippen LogP contribution in [0.15, 0.2) is 91.1 Å². The molecule has 1 aromatic heterocycles. The fraction of sp³-hybridized carbons (Fsp3) is 0.160. The van der Waals surface area contributed by atoms with Gasteiger partial charge in [-0.15, -0.1) is 0 Å². The molecule has 156 valence electrons. The minimum atomic E-state index is -0.734. The first-order chi connectivity index (χ1) is 15.3. The van der Waals surface area contributed by atoms with Crippen molar-refractivity contribution in [2.75, 3.05) is 13.2 Å². The van der Waals surface area contributed by atoms with Gasteiger partial charge in [0.25, 0.3) is 5.91 Å². The van der Waals surface area contributed by atoms with Gasteiger partial charge in [-0.3, -0.25) is 4.79 Å². The molecule has 2 heterocycles. The van der Waals surface area contributed by atoms with E-state index in [0.717, 1.165) is 22.2 Å². The Morgan fingerprint density at radius 2 is 1.68 bits per heavy atom. The predicted molar refractivity (Wildman–Crippen MR) is 116 cm³/mol. The van der Waals surface area contributed by atoms with Crippen LogP contribution < -0.4 is 4.74 Å². The van der Waals surface area contributed by atoms with Gasteiger partial charge >= 0.3 is 0 Å². The Morgan fingerprint density at radius 3 is 2.48 bits per heavy atom. The average molecular weight is 414 g/mol. The Morgan fingerprint density at radius 1 is 0.968 bits per heavy atom. The monoisotopic (exact) mass is 414 g/mol. The largest absolute Gasteiger partial charge is 0.491 e. The van der Waals surface area contributed by atoms with Crippen molar-refractivity contribution in [2.45, 2.75) is 12.4 Å². The molecule has 0 unspecified atom stereocenters. The molecule has 0 spiro atoms. The summed E-state index contributed by atoms with van der Waals surface area (Å²) in [7, 11) is 0. The lowest BCUT2D eigenvalue weighted by Crippen LogP contribution is -2.47. The lowest BCUT2D eigenvalue weighted by Gasteiger charge is -2.37. The maximum atomic E-state index is 13.1. The molecule has 5 rings (SSSR count). The molecule has 6 heteroatoms. The topological polar surface area (TPSA) is 63.8 Å². The number of ether oxygens (including phenoxy) is 2. The Balaban J connectivity index is 1.41. The van der Waals surface area contributed by atoms with Crippen LogP contribution in [0, 0.1) is 0 Å². The summed E-state index contributed by atoms with van der Waals surface area (Å²) in [5.41, 5.74) is 2.38. The van der Waals surface area contributed by atoms with E-state index in [-0.39, 0.29) is 18.6 Å². The maximum Gasteiger partial charge on any atom is 0.277 e. The number of fused-ring (bicyclic) bond motifs is 1. The molecule has 1 fully saturated rings. The minimum Gasteiger partial charge on any atom is -0.491 e. The molecule has 6 nitrogen and oxygen atoms in total. The molecule has 1 saturated heterocycles. The Labute approximate surface area is 179 Å². The van der Waals surface area contributed by atoms with Crippen LogP contribution in [0.5, 0.6) is 5.75 Å². The molecule has 1 aliphatic rings. The number of hydrogen-bond acceptors (Lipinski definition) is 4. The molecule has 1 N–H and O–H groups in total. The third kappa shape index (κ3) is 4.17. The molecular weight excluding hydrogens is 392 g/mol. The van der Waals surface area contributed by atoms with Crippen molar-refractivity contribution < 1.29 is 19.1 Å². The summed E-state index contributed by atoms with van der Waals surface area (Å²) in [6.07, 6.45) is 0.767. The Kier molecular flexibility index (Phi) is 5.39. The van der Waals surface area contributed by atoms with E-state index < -0.39 is 6.29 Å². The molecule has 0 bridgehead atoms. The van der Waals surface area contributed by atoms with E-state index in [1.807, 2.05) is 79.0 Å². The van der Waals surface area contributed by atoms with E-state index >= 15 is 0 Å². The summed E-state index contributed by atoms with van der Waals surface area (Å²) in [5, 5.41) is 2.37. The van der Waals surface area contributed by atoms with Crippen LogP contribution in [0.2, 0.25) is 0 Å². The van der Waals surface area contributed by atoms with Gasteiger partial charge in [-0.05, 0) is 30.3 Å². The summed E-state index contributed by atoms with van der Waals surface area (Å²) in [4.78, 5) is 22.4. The lowest BCUT2D eigenvalue weighted by atomic mass is 10.1. The standard InChI is InChI=1S/C25H22N2O4/c28-24(18-9-3-1-4-10-18)27-16-20(17-29-19-11-5-2-6-12-19)30-25(31-27)22-15-26-23-14-8-7-13-21(22)23/h1-15,20,25-26H,16-17H2/t20-,25-/m0/s1. The van der Waals surface area contributed by atoms with Gasteiger partial charge in [0.05, 0.1) is 6.54 Å². The van der Waals surface area contributed by atoms with Gasteiger partial charge in [0, 0.05) is 28.2 Å². The molecule has 0 radical (unpaired) electrons. The average Bonchev–Trinajstić information content (AvgIpc) is 3.28. The first-order valence-electron chi connectivity index (χ1n) is 10.2. The van der Waals surface area contributed by atoms with Crippen molar-refractivity contribution in [1.29, 1.82) is 0 Å². The van der Waals surface area contributed by atoms with E-state index in [4.69, 9.17) is 14.3 Å². The highest BCUT2D eigenvalue weighted by molar-refractivity contribution is 5.93. The van der Waals surface area contributed by atoms with Crippen LogP contribution in [0.1, 0.15) is 22.2 Å².